The number of rotatable bonds is 7. The van der Waals surface area contributed by atoms with Crippen LogP contribution in [0.1, 0.15) is 15.9 Å². The Morgan fingerprint density at radius 1 is 1.00 bits per heavy atom. The Bertz CT molecular complexity index is 1050. The standard InChI is InChI=1S/C22H16BrClN2O4/c23-17-3-1-2-16(12-17)22(28)30-20-8-4-15(5-9-20)13-25-26-21(27)14-29-19-10-6-18(24)7-11-19/h1-13H,14H2,(H,26,27). The number of esters is 1. The molecule has 1 amide bonds. The van der Waals surface area contributed by atoms with Gasteiger partial charge in [-0.15, -0.1) is 0 Å². The van der Waals surface area contributed by atoms with Crippen LogP contribution >= 0.6 is 27.5 Å². The molecule has 152 valence electrons. The van der Waals surface area contributed by atoms with Gasteiger partial charge in [-0.25, -0.2) is 10.2 Å². The number of amides is 1. The molecule has 0 atom stereocenters. The van der Waals surface area contributed by atoms with Crippen LogP contribution in [0.3, 0.4) is 0 Å². The largest absolute Gasteiger partial charge is 0.484 e. The highest BCUT2D eigenvalue weighted by molar-refractivity contribution is 9.10. The predicted molar refractivity (Wildman–Crippen MR) is 118 cm³/mol. The molecule has 0 unspecified atom stereocenters. The summed E-state index contributed by atoms with van der Waals surface area (Å²) < 4.78 is 11.5. The van der Waals surface area contributed by atoms with Gasteiger partial charge < -0.3 is 9.47 Å². The summed E-state index contributed by atoms with van der Waals surface area (Å²) in [7, 11) is 0. The van der Waals surface area contributed by atoms with Crippen LogP contribution < -0.4 is 14.9 Å². The van der Waals surface area contributed by atoms with E-state index < -0.39 is 11.9 Å². The molecule has 0 fully saturated rings. The Morgan fingerprint density at radius 3 is 2.40 bits per heavy atom. The van der Waals surface area contributed by atoms with Gasteiger partial charge >= 0.3 is 5.97 Å². The summed E-state index contributed by atoms with van der Waals surface area (Å²) >= 11 is 9.11. The first-order valence-electron chi connectivity index (χ1n) is 8.78. The van der Waals surface area contributed by atoms with Crippen molar-refractivity contribution in [3.63, 3.8) is 0 Å². The molecule has 1 N–H and O–H groups in total. The van der Waals surface area contributed by atoms with E-state index in [0.717, 1.165) is 10.0 Å². The number of nitrogens with one attached hydrogen (secondary N) is 1. The van der Waals surface area contributed by atoms with E-state index in [0.29, 0.717) is 22.1 Å². The van der Waals surface area contributed by atoms with Gasteiger partial charge in [0.2, 0.25) is 0 Å². The smallest absolute Gasteiger partial charge is 0.343 e. The van der Waals surface area contributed by atoms with Gasteiger partial charge in [-0.3, -0.25) is 4.79 Å². The zero-order valence-corrected chi connectivity index (χ0v) is 17.9. The van der Waals surface area contributed by atoms with Gasteiger partial charge in [0.15, 0.2) is 6.61 Å². The zero-order valence-electron chi connectivity index (χ0n) is 15.5. The second-order valence-corrected chi connectivity index (χ2v) is 7.36. The van der Waals surface area contributed by atoms with E-state index >= 15 is 0 Å². The summed E-state index contributed by atoms with van der Waals surface area (Å²) in [6, 6.07) is 20.3. The number of hydrogen-bond donors (Lipinski definition) is 1. The summed E-state index contributed by atoms with van der Waals surface area (Å²) in [6.45, 7) is -0.177. The molecule has 0 radical (unpaired) electrons. The molecule has 0 saturated heterocycles. The van der Waals surface area contributed by atoms with Crippen molar-refractivity contribution >= 4 is 45.6 Å². The number of hydrazone groups is 1. The third-order valence-electron chi connectivity index (χ3n) is 3.74. The highest BCUT2D eigenvalue weighted by Gasteiger charge is 2.08. The Hall–Kier alpha value is -3.16. The molecule has 0 aliphatic rings. The zero-order chi connectivity index (χ0) is 21.3. The fourth-order valence-corrected chi connectivity index (χ4v) is 2.82. The maximum absolute atomic E-state index is 12.1. The van der Waals surface area contributed by atoms with Gasteiger partial charge in [0.05, 0.1) is 11.8 Å². The van der Waals surface area contributed by atoms with Crippen LogP contribution in [0.4, 0.5) is 0 Å². The van der Waals surface area contributed by atoms with Gasteiger partial charge in [0, 0.05) is 9.50 Å². The van der Waals surface area contributed by atoms with Crippen molar-refractivity contribution in [2.45, 2.75) is 0 Å². The monoisotopic (exact) mass is 486 g/mol. The third kappa shape index (κ3) is 6.72. The van der Waals surface area contributed by atoms with Crippen molar-refractivity contribution in [1.82, 2.24) is 5.43 Å². The normalized spacial score (nSPS) is 10.6. The number of hydrogen-bond acceptors (Lipinski definition) is 5. The average molecular weight is 488 g/mol. The van der Waals surface area contributed by atoms with Crippen LogP contribution in [0, 0.1) is 0 Å². The van der Waals surface area contributed by atoms with Crippen LogP contribution in [-0.2, 0) is 4.79 Å². The molecule has 0 spiro atoms. The average Bonchev–Trinajstić information content (AvgIpc) is 2.74. The molecule has 3 aromatic rings. The molecular formula is C22H16BrClN2O4. The molecule has 0 heterocycles. The van der Waals surface area contributed by atoms with Crippen molar-refractivity contribution in [2.24, 2.45) is 5.10 Å². The Labute approximate surface area is 186 Å². The third-order valence-corrected chi connectivity index (χ3v) is 4.48. The summed E-state index contributed by atoms with van der Waals surface area (Å²) in [4.78, 5) is 23.9. The highest BCUT2D eigenvalue weighted by atomic mass is 79.9. The van der Waals surface area contributed by atoms with E-state index in [1.54, 1.807) is 66.7 Å². The summed E-state index contributed by atoms with van der Waals surface area (Å²) in [5, 5.41) is 4.47. The van der Waals surface area contributed by atoms with Crippen LogP contribution in [0.25, 0.3) is 0 Å². The molecular weight excluding hydrogens is 472 g/mol. The molecule has 0 aliphatic carbocycles. The molecule has 30 heavy (non-hydrogen) atoms. The van der Waals surface area contributed by atoms with Crippen molar-refractivity contribution in [2.75, 3.05) is 6.61 Å². The maximum atomic E-state index is 12.1. The lowest BCUT2D eigenvalue weighted by atomic mass is 10.2. The van der Waals surface area contributed by atoms with Gasteiger partial charge in [0.25, 0.3) is 5.91 Å². The summed E-state index contributed by atoms with van der Waals surface area (Å²) in [5.74, 6) is 0.0792. The summed E-state index contributed by atoms with van der Waals surface area (Å²) in [6.07, 6.45) is 1.47. The van der Waals surface area contributed by atoms with Crippen molar-refractivity contribution in [3.05, 3.63) is 93.4 Å². The highest BCUT2D eigenvalue weighted by Crippen LogP contribution is 2.17. The number of ether oxygens (including phenoxy) is 2. The molecule has 3 rings (SSSR count). The minimum Gasteiger partial charge on any atom is -0.484 e. The lowest BCUT2D eigenvalue weighted by Gasteiger charge is -2.05. The van der Waals surface area contributed by atoms with Crippen LogP contribution in [-0.4, -0.2) is 24.7 Å². The Morgan fingerprint density at radius 2 is 1.70 bits per heavy atom. The van der Waals surface area contributed by atoms with E-state index in [-0.39, 0.29) is 6.61 Å². The molecule has 0 aliphatic heterocycles. The maximum Gasteiger partial charge on any atom is 0.343 e. The van der Waals surface area contributed by atoms with E-state index in [4.69, 9.17) is 21.1 Å². The second kappa shape index (κ2) is 10.6. The van der Waals surface area contributed by atoms with E-state index in [1.807, 2.05) is 6.07 Å². The molecule has 3 aromatic carbocycles. The number of carbonyl (C=O) groups excluding carboxylic acids is 2. The first-order valence-corrected chi connectivity index (χ1v) is 9.95. The predicted octanol–water partition coefficient (Wildman–Crippen LogP) is 4.85. The minimum absolute atomic E-state index is 0.177. The molecule has 0 aromatic heterocycles. The number of nitrogens with zero attached hydrogens (tertiary/aromatic N) is 1. The summed E-state index contributed by atoms with van der Waals surface area (Å²) in [5.41, 5.74) is 3.54. The first-order chi connectivity index (χ1) is 14.5. The Balaban J connectivity index is 1.46. The molecule has 0 saturated carbocycles. The van der Waals surface area contributed by atoms with Gasteiger partial charge in [-0.05, 0) is 72.3 Å². The number of carbonyl (C=O) groups is 2. The Kier molecular flexibility index (Phi) is 7.59. The first kappa shape index (κ1) is 21.5. The molecule has 8 heteroatoms. The van der Waals surface area contributed by atoms with Crippen LogP contribution in [0.15, 0.2) is 82.4 Å². The van der Waals surface area contributed by atoms with Crippen molar-refractivity contribution < 1.29 is 19.1 Å². The fourth-order valence-electron chi connectivity index (χ4n) is 2.29. The van der Waals surface area contributed by atoms with E-state index in [9.17, 15) is 9.59 Å². The van der Waals surface area contributed by atoms with Crippen molar-refractivity contribution in [1.29, 1.82) is 0 Å². The molecule has 0 bridgehead atoms. The van der Waals surface area contributed by atoms with Gasteiger partial charge in [-0.2, -0.15) is 5.10 Å². The number of halogens is 2. The fraction of sp³-hybridized carbons (Fsp3) is 0.0455. The van der Waals surface area contributed by atoms with Crippen LogP contribution in [0.5, 0.6) is 11.5 Å². The molecule has 6 nitrogen and oxygen atoms in total. The van der Waals surface area contributed by atoms with E-state index in [2.05, 4.69) is 26.5 Å². The van der Waals surface area contributed by atoms with Gasteiger partial charge in [0.1, 0.15) is 11.5 Å². The lowest BCUT2D eigenvalue weighted by Crippen LogP contribution is -2.24. The van der Waals surface area contributed by atoms with Crippen LogP contribution in [0.2, 0.25) is 5.02 Å². The topological polar surface area (TPSA) is 77.0 Å². The number of benzene rings is 3. The van der Waals surface area contributed by atoms with Gasteiger partial charge in [-0.1, -0.05) is 33.6 Å². The second-order valence-electron chi connectivity index (χ2n) is 6.00. The van der Waals surface area contributed by atoms with Crippen molar-refractivity contribution in [3.8, 4) is 11.5 Å². The van der Waals surface area contributed by atoms with E-state index in [1.165, 1.54) is 6.21 Å². The minimum atomic E-state index is -0.453. The lowest BCUT2D eigenvalue weighted by molar-refractivity contribution is -0.123. The SMILES string of the molecule is O=C(COc1ccc(Cl)cc1)NN=Cc1ccc(OC(=O)c2cccc(Br)c2)cc1. The quantitative estimate of drug-likeness (QED) is 0.224.